The fourth-order valence-corrected chi connectivity index (χ4v) is 5.27. The first-order valence-electron chi connectivity index (χ1n) is 9.69. The Labute approximate surface area is 178 Å². The van der Waals surface area contributed by atoms with Gasteiger partial charge in [-0.3, -0.25) is 9.59 Å². The van der Waals surface area contributed by atoms with Gasteiger partial charge in [0.25, 0.3) is 5.91 Å². The number of hydrogen-bond acceptors (Lipinski definition) is 7. The molecule has 0 saturated carbocycles. The van der Waals surface area contributed by atoms with Crippen LogP contribution in [0.2, 0.25) is 0 Å². The fraction of sp³-hybridized carbons (Fsp3) is 0.526. The summed E-state index contributed by atoms with van der Waals surface area (Å²) >= 11 is 1.31. The van der Waals surface area contributed by atoms with Gasteiger partial charge in [-0.2, -0.15) is 4.99 Å². The monoisotopic (exact) mass is 455 g/mol. The molecule has 0 atom stereocenters. The number of nitrogens with zero attached hydrogens (tertiary/aromatic N) is 3. The molecule has 0 aliphatic carbocycles. The lowest BCUT2D eigenvalue weighted by Gasteiger charge is -2.26. The molecule has 30 heavy (non-hydrogen) atoms. The topological polar surface area (TPSA) is 107 Å². The van der Waals surface area contributed by atoms with E-state index in [0.29, 0.717) is 50.9 Å². The van der Waals surface area contributed by atoms with Gasteiger partial charge in [0.1, 0.15) is 11.5 Å². The van der Waals surface area contributed by atoms with Gasteiger partial charge in [-0.25, -0.2) is 8.42 Å². The van der Waals surface area contributed by atoms with Gasteiger partial charge in [0.15, 0.2) is 14.6 Å². The van der Waals surface area contributed by atoms with Crippen molar-refractivity contribution in [1.29, 1.82) is 0 Å². The third-order valence-corrected chi connectivity index (χ3v) is 6.96. The van der Waals surface area contributed by atoms with Crippen molar-refractivity contribution in [3.63, 3.8) is 0 Å². The van der Waals surface area contributed by atoms with E-state index in [9.17, 15) is 18.0 Å². The minimum atomic E-state index is -3.92. The summed E-state index contributed by atoms with van der Waals surface area (Å²) in [5.74, 6) is -2.81. The number of sulfone groups is 1. The van der Waals surface area contributed by atoms with Crippen molar-refractivity contribution in [3.05, 3.63) is 29.1 Å². The first-order valence-corrected chi connectivity index (χ1v) is 12.3. The maximum absolute atomic E-state index is 12.4. The number of benzene rings is 1. The van der Waals surface area contributed by atoms with Gasteiger partial charge in [-0.1, -0.05) is 23.5 Å². The Morgan fingerprint density at radius 1 is 1.20 bits per heavy atom. The number of thiazole rings is 1. The largest absolute Gasteiger partial charge is 0.380 e. The molecule has 1 fully saturated rings. The molecule has 1 saturated heterocycles. The molecule has 2 aromatic rings. The van der Waals surface area contributed by atoms with Crippen LogP contribution < -0.4 is 4.80 Å². The number of para-hydroxylation sites is 1. The highest BCUT2D eigenvalue weighted by molar-refractivity contribution is 7.92. The SMILES string of the molecule is CCOCCn1c(=NC(=O)CS(=O)(=O)CC(=O)N2CCOCC2)sc2ccccc21. The molecular weight excluding hydrogens is 430 g/mol. The summed E-state index contributed by atoms with van der Waals surface area (Å²) in [6, 6.07) is 7.61. The minimum Gasteiger partial charge on any atom is -0.380 e. The highest BCUT2D eigenvalue weighted by Crippen LogP contribution is 2.16. The first kappa shape index (κ1) is 22.6. The van der Waals surface area contributed by atoms with Crippen molar-refractivity contribution < 1.29 is 27.5 Å². The van der Waals surface area contributed by atoms with Gasteiger partial charge in [0, 0.05) is 26.2 Å². The second kappa shape index (κ2) is 10.3. The Balaban J connectivity index is 1.75. The van der Waals surface area contributed by atoms with Crippen LogP contribution in [0.25, 0.3) is 10.2 Å². The molecule has 11 heteroatoms. The third-order valence-electron chi connectivity index (χ3n) is 4.52. The van der Waals surface area contributed by atoms with Crippen LogP contribution in [-0.2, 0) is 35.4 Å². The maximum Gasteiger partial charge on any atom is 0.263 e. The van der Waals surface area contributed by atoms with Crippen LogP contribution in [0.5, 0.6) is 0 Å². The van der Waals surface area contributed by atoms with Crippen molar-refractivity contribution in [1.82, 2.24) is 9.47 Å². The molecule has 0 bridgehead atoms. The van der Waals surface area contributed by atoms with E-state index in [0.717, 1.165) is 10.2 Å². The molecule has 0 spiro atoms. The number of morpholine rings is 1. The number of rotatable bonds is 8. The second-order valence-electron chi connectivity index (χ2n) is 6.73. The first-order chi connectivity index (χ1) is 14.4. The van der Waals surface area contributed by atoms with Crippen molar-refractivity contribution in [2.24, 2.45) is 4.99 Å². The number of carbonyl (C=O) groups excluding carboxylic acids is 2. The number of carbonyl (C=O) groups is 2. The summed E-state index contributed by atoms with van der Waals surface area (Å²) < 4.78 is 38.1. The van der Waals surface area contributed by atoms with Gasteiger partial charge in [0.2, 0.25) is 5.91 Å². The Bertz CT molecular complexity index is 1070. The van der Waals surface area contributed by atoms with Crippen molar-refractivity contribution in [2.45, 2.75) is 13.5 Å². The molecule has 0 radical (unpaired) electrons. The van der Waals surface area contributed by atoms with Gasteiger partial charge < -0.3 is 18.9 Å². The molecule has 1 aliphatic heterocycles. The summed E-state index contributed by atoms with van der Waals surface area (Å²) in [6.45, 7) is 4.89. The van der Waals surface area contributed by atoms with Gasteiger partial charge >= 0.3 is 0 Å². The summed E-state index contributed by atoms with van der Waals surface area (Å²) in [7, 11) is -3.92. The van der Waals surface area contributed by atoms with Crippen LogP contribution in [0.1, 0.15) is 6.92 Å². The zero-order valence-corrected chi connectivity index (χ0v) is 18.4. The van der Waals surface area contributed by atoms with Gasteiger partial charge in [-0.05, 0) is 19.1 Å². The standard InChI is InChI=1S/C19H25N3O6S2/c1-2-27-12-9-22-15-5-3-4-6-16(15)29-19(22)20-17(23)13-30(25,26)14-18(24)21-7-10-28-11-8-21/h3-6H,2,7-14H2,1H3. The van der Waals surface area contributed by atoms with E-state index in [4.69, 9.17) is 9.47 Å². The zero-order chi connectivity index (χ0) is 21.6. The van der Waals surface area contributed by atoms with E-state index in [1.807, 2.05) is 35.8 Å². The Kier molecular flexibility index (Phi) is 7.75. The molecule has 2 amide bonds. The minimum absolute atomic E-state index is 0.355. The molecule has 9 nitrogen and oxygen atoms in total. The zero-order valence-electron chi connectivity index (χ0n) is 16.8. The van der Waals surface area contributed by atoms with Crippen molar-refractivity contribution in [2.75, 3.05) is 51.0 Å². The van der Waals surface area contributed by atoms with E-state index >= 15 is 0 Å². The highest BCUT2D eigenvalue weighted by Gasteiger charge is 2.25. The van der Waals surface area contributed by atoms with E-state index in [1.54, 1.807) is 0 Å². The number of fused-ring (bicyclic) bond motifs is 1. The number of amides is 2. The number of ether oxygens (including phenoxy) is 2. The molecule has 3 rings (SSSR count). The van der Waals surface area contributed by atoms with Crippen LogP contribution in [-0.4, -0.2) is 80.7 Å². The summed E-state index contributed by atoms with van der Waals surface area (Å²) in [5.41, 5.74) is 0.902. The Morgan fingerprint density at radius 2 is 1.93 bits per heavy atom. The Hall–Kier alpha value is -2.08. The average molecular weight is 456 g/mol. The fourth-order valence-electron chi connectivity index (χ4n) is 3.09. The molecule has 1 aromatic heterocycles. The molecule has 2 heterocycles. The molecular formula is C19H25N3O6S2. The normalized spacial score (nSPS) is 15.6. The lowest BCUT2D eigenvalue weighted by molar-refractivity contribution is -0.132. The van der Waals surface area contributed by atoms with Crippen LogP contribution in [0.4, 0.5) is 0 Å². The average Bonchev–Trinajstić information content (AvgIpc) is 3.05. The van der Waals surface area contributed by atoms with Crippen LogP contribution in [0, 0.1) is 0 Å². The highest BCUT2D eigenvalue weighted by atomic mass is 32.2. The van der Waals surface area contributed by atoms with Crippen molar-refractivity contribution >= 4 is 43.2 Å². The van der Waals surface area contributed by atoms with Crippen LogP contribution in [0.15, 0.2) is 29.3 Å². The molecule has 1 aliphatic rings. The van der Waals surface area contributed by atoms with Crippen LogP contribution in [0.3, 0.4) is 0 Å². The maximum atomic E-state index is 12.4. The lowest BCUT2D eigenvalue weighted by atomic mass is 10.3. The summed E-state index contributed by atoms with van der Waals surface area (Å²) in [6.07, 6.45) is 0. The predicted molar refractivity (Wildman–Crippen MR) is 113 cm³/mol. The summed E-state index contributed by atoms with van der Waals surface area (Å²) in [5, 5.41) is 0. The van der Waals surface area contributed by atoms with E-state index < -0.39 is 33.2 Å². The van der Waals surface area contributed by atoms with Gasteiger partial charge in [0.05, 0.1) is 30.0 Å². The van der Waals surface area contributed by atoms with E-state index in [2.05, 4.69) is 4.99 Å². The van der Waals surface area contributed by atoms with E-state index in [-0.39, 0.29) is 0 Å². The summed E-state index contributed by atoms with van der Waals surface area (Å²) in [4.78, 5) is 30.5. The van der Waals surface area contributed by atoms with Crippen molar-refractivity contribution in [3.8, 4) is 0 Å². The molecule has 0 N–H and O–H groups in total. The third kappa shape index (κ3) is 5.97. The predicted octanol–water partition coefficient (Wildman–Crippen LogP) is 0.440. The smallest absolute Gasteiger partial charge is 0.263 e. The number of aromatic nitrogens is 1. The second-order valence-corrected chi connectivity index (χ2v) is 9.81. The number of hydrogen-bond donors (Lipinski definition) is 0. The Morgan fingerprint density at radius 3 is 2.67 bits per heavy atom. The van der Waals surface area contributed by atoms with E-state index in [1.165, 1.54) is 16.2 Å². The molecule has 0 unspecified atom stereocenters. The lowest BCUT2D eigenvalue weighted by Crippen LogP contribution is -2.43. The molecule has 164 valence electrons. The quantitative estimate of drug-likeness (QED) is 0.535. The molecule has 1 aromatic carbocycles. The van der Waals surface area contributed by atoms with Crippen LogP contribution >= 0.6 is 11.3 Å². The van der Waals surface area contributed by atoms with Gasteiger partial charge in [-0.15, -0.1) is 0 Å².